The predicted molar refractivity (Wildman–Crippen MR) is 157 cm³/mol. The molecule has 1 aromatic rings. The summed E-state index contributed by atoms with van der Waals surface area (Å²) >= 11 is 5.43. The van der Waals surface area contributed by atoms with Crippen molar-refractivity contribution in [3.63, 3.8) is 0 Å². The number of nitrogens with zero attached hydrogens (tertiary/aromatic N) is 2. The fourth-order valence-corrected chi connectivity index (χ4v) is 9.97. The highest BCUT2D eigenvalue weighted by Gasteiger charge is 2.76. The Bertz CT molecular complexity index is 1060. The van der Waals surface area contributed by atoms with Gasteiger partial charge in [-0.1, -0.05) is 71.3 Å². The third kappa shape index (κ3) is 6.00. The Labute approximate surface area is 244 Å². The van der Waals surface area contributed by atoms with Gasteiger partial charge in [0.2, 0.25) is 11.8 Å². The molecule has 3 aliphatic rings. The molecule has 3 heterocycles. The molecule has 7 nitrogen and oxygen atoms in total. The molecule has 1 aromatic carbocycles. The van der Waals surface area contributed by atoms with E-state index >= 15 is 0 Å². The number of likely N-dealkylation sites (tertiary alicyclic amines) is 1. The average Bonchev–Trinajstić information content (AvgIpc) is 3.52. The van der Waals surface area contributed by atoms with Crippen molar-refractivity contribution in [1.82, 2.24) is 9.80 Å². The third-order valence-corrected chi connectivity index (χ3v) is 11.3. The van der Waals surface area contributed by atoms with Crippen LogP contribution in [0.2, 0.25) is 0 Å². The van der Waals surface area contributed by atoms with Crippen LogP contribution >= 0.6 is 27.7 Å². The van der Waals surface area contributed by atoms with E-state index in [0.717, 1.165) is 24.8 Å². The number of benzene rings is 1. The molecule has 3 aliphatic heterocycles. The summed E-state index contributed by atoms with van der Waals surface area (Å²) in [5, 5.41) is 9.02. The van der Waals surface area contributed by atoms with Crippen LogP contribution in [0.4, 0.5) is 0 Å². The maximum Gasteiger partial charge on any atom is 0.310 e. The van der Waals surface area contributed by atoms with Gasteiger partial charge in [0.05, 0.1) is 23.2 Å². The minimum atomic E-state index is -0.698. The van der Waals surface area contributed by atoms with Gasteiger partial charge < -0.3 is 19.6 Å². The Hall–Kier alpha value is -2.10. The van der Waals surface area contributed by atoms with E-state index in [4.69, 9.17) is 9.84 Å². The number of fused-ring (bicyclic) bond motifs is 1. The summed E-state index contributed by atoms with van der Waals surface area (Å²) in [7, 11) is 0. The van der Waals surface area contributed by atoms with Gasteiger partial charge in [0, 0.05) is 36.3 Å². The molecule has 0 aliphatic carbocycles. The third-order valence-electron chi connectivity index (χ3n) is 8.05. The first-order valence-corrected chi connectivity index (χ1v) is 15.6. The molecule has 3 saturated heterocycles. The number of thioether (sulfide) groups is 1. The smallest absolute Gasteiger partial charge is 0.310 e. The van der Waals surface area contributed by atoms with Gasteiger partial charge in [-0.3, -0.25) is 14.4 Å². The lowest BCUT2D eigenvalue weighted by Crippen LogP contribution is -2.55. The molecule has 39 heavy (non-hydrogen) atoms. The van der Waals surface area contributed by atoms with Crippen molar-refractivity contribution in [2.24, 2.45) is 11.8 Å². The van der Waals surface area contributed by atoms with Crippen molar-refractivity contribution in [3.05, 3.63) is 61.2 Å². The first kappa shape index (κ1) is 29.9. The Morgan fingerprint density at radius 1 is 1.18 bits per heavy atom. The van der Waals surface area contributed by atoms with Crippen molar-refractivity contribution in [2.75, 3.05) is 26.3 Å². The highest BCUT2D eigenvalue weighted by molar-refractivity contribution is 9.09. The maximum atomic E-state index is 14.4. The van der Waals surface area contributed by atoms with E-state index in [1.807, 2.05) is 30.3 Å². The number of esters is 1. The fourth-order valence-electron chi connectivity index (χ4n) is 6.37. The predicted octanol–water partition coefficient (Wildman–Crippen LogP) is 4.34. The molecule has 0 saturated carbocycles. The van der Waals surface area contributed by atoms with E-state index in [1.54, 1.807) is 33.7 Å². The topological polar surface area (TPSA) is 87.1 Å². The van der Waals surface area contributed by atoms with Crippen molar-refractivity contribution in [2.45, 2.75) is 65.9 Å². The summed E-state index contributed by atoms with van der Waals surface area (Å²) in [5.74, 6) is -1.76. The SMILES string of the molecule is C=CCCOC(=O)[C@H]1[C@H]2C(=O)N(CCCCCCO)C(C(=O)N(CC=C)Cc3ccccc3)C23CC(Br)[C@@H]1S3. The van der Waals surface area contributed by atoms with Gasteiger partial charge in [-0.2, -0.15) is 0 Å². The van der Waals surface area contributed by atoms with Crippen LogP contribution in [0.3, 0.4) is 0 Å². The molecule has 0 radical (unpaired) electrons. The molecule has 212 valence electrons. The molecule has 2 amide bonds. The molecular formula is C30H39BrN2O5S. The highest BCUT2D eigenvalue weighted by Crippen LogP contribution is 2.68. The second-order valence-electron chi connectivity index (χ2n) is 10.6. The minimum absolute atomic E-state index is 0.00489. The number of aliphatic hydroxyl groups excluding tert-OH is 1. The van der Waals surface area contributed by atoms with Crippen LogP contribution in [0.5, 0.6) is 0 Å². The minimum Gasteiger partial charge on any atom is -0.465 e. The van der Waals surface area contributed by atoms with Gasteiger partial charge >= 0.3 is 5.97 Å². The zero-order valence-corrected chi connectivity index (χ0v) is 24.8. The Morgan fingerprint density at radius 2 is 1.92 bits per heavy atom. The van der Waals surface area contributed by atoms with Gasteiger partial charge in [0.25, 0.3) is 0 Å². The van der Waals surface area contributed by atoms with Crippen LogP contribution in [0.1, 0.15) is 44.1 Å². The molecule has 1 N–H and O–H groups in total. The van der Waals surface area contributed by atoms with Crippen molar-refractivity contribution >= 4 is 45.5 Å². The lowest BCUT2D eigenvalue weighted by Gasteiger charge is -2.38. The molecular weight excluding hydrogens is 580 g/mol. The molecule has 2 bridgehead atoms. The second kappa shape index (κ2) is 13.5. The molecule has 3 unspecified atom stereocenters. The lowest BCUT2D eigenvalue weighted by atomic mass is 9.71. The maximum absolute atomic E-state index is 14.4. The van der Waals surface area contributed by atoms with Crippen molar-refractivity contribution in [1.29, 1.82) is 0 Å². The lowest BCUT2D eigenvalue weighted by molar-refractivity contribution is -0.154. The zero-order chi connectivity index (χ0) is 28.0. The van der Waals surface area contributed by atoms with Crippen LogP contribution in [-0.2, 0) is 25.7 Å². The van der Waals surface area contributed by atoms with Crippen molar-refractivity contribution < 1.29 is 24.2 Å². The Kier molecular flexibility index (Phi) is 10.3. The number of hydrogen-bond acceptors (Lipinski definition) is 6. The number of amides is 2. The van der Waals surface area contributed by atoms with Crippen LogP contribution in [0.25, 0.3) is 0 Å². The molecule has 9 heteroatoms. The van der Waals surface area contributed by atoms with Gasteiger partial charge in [0.15, 0.2) is 0 Å². The van der Waals surface area contributed by atoms with Crippen LogP contribution < -0.4 is 0 Å². The monoisotopic (exact) mass is 618 g/mol. The molecule has 6 atom stereocenters. The molecule has 0 aromatic heterocycles. The summed E-state index contributed by atoms with van der Waals surface area (Å²) in [5.41, 5.74) is 1.01. The highest BCUT2D eigenvalue weighted by atomic mass is 79.9. The van der Waals surface area contributed by atoms with Gasteiger partial charge in [-0.05, 0) is 31.2 Å². The number of carbonyl (C=O) groups excluding carboxylic acids is 3. The summed E-state index contributed by atoms with van der Waals surface area (Å²) in [6.07, 6.45) is 7.78. The Morgan fingerprint density at radius 3 is 2.62 bits per heavy atom. The largest absolute Gasteiger partial charge is 0.465 e. The number of carbonyl (C=O) groups is 3. The van der Waals surface area contributed by atoms with E-state index in [9.17, 15) is 14.4 Å². The van der Waals surface area contributed by atoms with E-state index in [1.165, 1.54) is 0 Å². The van der Waals surface area contributed by atoms with Crippen LogP contribution in [0.15, 0.2) is 55.6 Å². The van der Waals surface area contributed by atoms with E-state index in [-0.39, 0.29) is 41.1 Å². The quantitative estimate of drug-likeness (QED) is 0.136. The summed E-state index contributed by atoms with van der Waals surface area (Å²) < 4.78 is 4.90. The number of rotatable bonds is 15. The van der Waals surface area contributed by atoms with Crippen molar-refractivity contribution in [3.8, 4) is 0 Å². The number of unbranched alkanes of at least 4 members (excludes halogenated alkanes) is 3. The summed E-state index contributed by atoms with van der Waals surface area (Å²) in [4.78, 5) is 45.5. The first-order valence-electron chi connectivity index (χ1n) is 13.8. The number of aliphatic hydroxyl groups is 1. The van der Waals surface area contributed by atoms with E-state index in [2.05, 4.69) is 29.1 Å². The molecule has 4 rings (SSSR count). The summed E-state index contributed by atoms with van der Waals surface area (Å²) in [6, 6.07) is 9.15. The average molecular weight is 620 g/mol. The number of halogens is 1. The van der Waals surface area contributed by atoms with E-state index < -0.39 is 22.6 Å². The second-order valence-corrected chi connectivity index (χ2v) is 13.3. The fraction of sp³-hybridized carbons (Fsp3) is 0.567. The summed E-state index contributed by atoms with van der Waals surface area (Å²) in [6.45, 7) is 9.18. The van der Waals surface area contributed by atoms with E-state index in [0.29, 0.717) is 38.9 Å². The number of hydrogen-bond donors (Lipinski definition) is 1. The number of ether oxygens (including phenoxy) is 1. The number of alkyl halides is 1. The van der Waals surface area contributed by atoms with Crippen LogP contribution in [-0.4, -0.2) is 79.9 Å². The normalized spacial score (nSPS) is 28.8. The van der Waals surface area contributed by atoms with Gasteiger partial charge in [-0.15, -0.1) is 24.9 Å². The van der Waals surface area contributed by atoms with Gasteiger partial charge in [0.1, 0.15) is 6.04 Å². The van der Waals surface area contributed by atoms with Crippen LogP contribution in [0, 0.1) is 11.8 Å². The van der Waals surface area contributed by atoms with Gasteiger partial charge in [-0.25, -0.2) is 0 Å². The Balaban J connectivity index is 1.66. The molecule has 3 fully saturated rings. The first-order chi connectivity index (χ1) is 18.9. The molecule has 1 spiro atoms. The standard InChI is InChI=1S/C30H39BrN2O5S/c1-3-5-18-38-29(37)23-24-27(35)33(16-11-6-7-12-17-34)26(30(24)19-22(31)25(23)39-30)28(36)32(15-4-2)20-21-13-9-8-10-14-21/h3-4,8-10,13-14,22-26,34H,1-2,5-7,11-12,15-20H2/t22?,23-,24-,25-,26?,30?/m0/s1. The zero-order valence-electron chi connectivity index (χ0n) is 22.4.